The smallest absolute Gasteiger partial charge is 0.270 e. The average Bonchev–Trinajstić information content (AvgIpc) is 3.17. The van der Waals surface area contributed by atoms with Crippen LogP contribution in [0.2, 0.25) is 0 Å². The van der Waals surface area contributed by atoms with Crippen LogP contribution in [-0.4, -0.2) is 30.6 Å². The van der Waals surface area contributed by atoms with Crippen molar-refractivity contribution < 1.29 is 14.3 Å². The monoisotopic (exact) mass is 420 g/mol. The number of thiazole rings is 1. The van der Waals surface area contributed by atoms with Crippen LogP contribution in [0.5, 0.6) is 11.5 Å². The molecule has 0 atom stereocenters. The summed E-state index contributed by atoms with van der Waals surface area (Å²) in [5, 5.41) is 0.970. The molecule has 0 aliphatic carbocycles. The third-order valence-electron chi connectivity index (χ3n) is 4.82. The predicted molar refractivity (Wildman–Crippen MR) is 121 cm³/mol. The summed E-state index contributed by atoms with van der Waals surface area (Å²) in [7, 11) is 0. The molecule has 1 aliphatic heterocycles. The summed E-state index contributed by atoms with van der Waals surface area (Å²) in [6.45, 7) is 5.42. The lowest BCUT2D eigenvalue weighted by Gasteiger charge is -2.24. The molecular formula is C24H24N2O3S. The molecule has 0 radical (unpaired) electrons. The van der Waals surface area contributed by atoms with E-state index in [-0.39, 0.29) is 5.91 Å². The van der Waals surface area contributed by atoms with Crippen LogP contribution in [0.1, 0.15) is 32.9 Å². The Labute approximate surface area is 180 Å². The van der Waals surface area contributed by atoms with Gasteiger partial charge in [-0.15, -0.1) is 11.3 Å². The highest BCUT2D eigenvalue weighted by Gasteiger charge is 2.23. The molecule has 0 spiro atoms. The van der Waals surface area contributed by atoms with E-state index in [1.807, 2.05) is 74.5 Å². The molecule has 1 aliphatic rings. The van der Waals surface area contributed by atoms with Crippen molar-refractivity contribution in [1.82, 2.24) is 4.98 Å². The summed E-state index contributed by atoms with van der Waals surface area (Å²) in [5.74, 6) is 1.32. The van der Waals surface area contributed by atoms with Crippen LogP contribution < -0.4 is 14.4 Å². The highest BCUT2D eigenvalue weighted by molar-refractivity contribution is 7.13. The van der Waals surface area contributed by atoms with Crippen molar-refractivity contribution in [2.45, 2.75) is 20.3 Å². The van der Waals surface area contributed by atoms with Crippen molar-refractivity contribution in [1.29, 1.82) is 0 Å². The zero-order valence-electron chi connectivity index (χ0n) is 17.1. The summed E-state index contributed by atoms with van der Waals surface area (Å²) in [5.41, 5.74) is 2.64. The molecule has 154 valence electrons. The Balaban J connectivity index is 1.66. The SMILES string of the molecule is CCc1nc(C)c(C(=O)N(C/C=C/c2ccccc2)c2ccc3c(c2)OCCO3)s1. The lowest BCUT2D eigenvalue weighted by Crippen LogP contribution is -2.31. The van der Waals surface area contributed by atoms with Crippen molar-refractivity contribution in [2.75, 3.05) is 24.7 Å². The maximum absolute atomic E-state index is 13.5. The number of carbonyl (C=O) groups excluding carboxylic acids is 1. The van der Waals surface area contributed by atoms with E-state index in [0.29, 0.717) is 36.1 Å². The minimum absolute atomic E-state index is 0.0564. The lowest BCUT2D eigenvalue weighted by molar-refractivity contribution is 0.0992. The highest BCUT2D eigenvalue weighted by atomic mass is 32.1. The van der Waals surface area contributed by atoms with Crippen molar-refractivity contribution in [3.63, 3.8) is 0 Å². The van der Waals surface area contributed by atoms with Crippen LogP contribution >= 0.6 is 11.3 Å². The van der Waals surface area contributed by atoms with Gasteiger partial charge in [0.25, 0.3) is 5.91 Å². The molecule has 2 heterocycles. The Hall–Kier alpha value is -3.12. The second kappa shape index (κ2) is 9.13. The third kappa shape index (κ3) is 4.39. The van der Waals surface area contributed by atoms with Crippen molar-refractivity contribution >= 4 is 29.0 Å². The molecule has 0 bridgehead atoms. The van der Waals surface area contributed by atoms with Gasteiger partial charge in [-0.2, -0.15) is 0 Å². The number of nitrogens with zero attached hydrogens (tertiary/aromatic N) is 2. The third-order valence-corrected chi connectivity index (χ3v) is 6.11. The molecule has 2 aromatic carbocycles. The van der Waals surface area contributed by atoms with E-state index in [1.54, 1.807) is 4.90 Å². The summed E-state index contributed by atoms with van der Waals surface area (Å²) in [6, 6.07) is 15.7. The van der Waals surface area contributed by atoms with E-state index >= 15 is 0 Å². The van der Waals surface area contributed by atoms with Crippen molar-refractivity contribution in [3.05, 3.63) is 75.7 Å². The predicted octanol–water partition coefficient (Wildman–Crippen LogP) is 5.15. The summed E-state index contributed by atoms with van der Waals surface area (Å²) in [4.78, 5) is 20.5. The zero-order chi connectivity index (χ0) is 20.9. The van der Waals surface area contributed by atoms with Gasteiger partial charge in [-0.3, -0.25) is 4.79 Å². The number of aromatic nitrogens is 1. The second-order valence-electron chi connectivity index (χ2n) is 6.93. The number of benzene rings is 2. The van der Waals surface area contributed by atoms with Crippen LogP contribution in [0.25, 0.3) is 6.08 Å². The van der Waals surface area contributed by atoms with Gasteiger partial charge < -0.3 is 14.4 Å². The number of rotatable bonds is 6. The van der Waals surface area contributed by atoms with E-state index in [4.69, 9.17) is 9.47 Å². The first-order chi connectivity index (χ1) is 14.7. The number of hydrogen-bond acceptors (Lipinski definition) is 5. The Morgan fingerprint density at radius 2 is 1.90 bits per heavy atom. The number of aryl methyl sites for hydroxylation is 2. The van der Waals surface area contributed by atoms with Crippen LogP contribution in [0, 0.1) is 6.92 Å². The van der Waals surface area contributed by atoms with Crippen LogP contribution in [0.3, 0.4) is 0 Å². The quantitative estimate of drug-likeness (QED) is 0.554. The molecule has 0 saturated carbocycles. The Bertz CT molecular complexity index is 1060. The summed E-state index contributed by atoms with van der Waals surface area (Å²) in [6.07, 6.45) is 4.84. The van der Waals surface area contributed by atoms with Gasteiger partial charge in [0.2, 0.25) is 0 Å². The Morgan fingerprint density at radius 1 is 1.13 bits per heavy atom. The molecule has 5 nitrogen and oxygen atoms in total. The van der Waals surface area contributed by atoms with Gasteiger partial charge >= 0.3 is 0 Å². The molecule has 0 unspecified atom stereocenters. The highest BCUT2D eigenvalue weighted by Crippen LogP contribution is 2.35. The lowest BCUT2D eigenvalue weighted by atomic mass is 10.2. The number of fused-ring (bicyclic) bond motifs is 1. The number of amides is 1. The molecule has 3 aromatic rings. The number of anilines is 1. The standard InChI is InChI=1S/C24H24N2O3S/c1-3-22-25-17(2)23(30-22)24(27)26(13-7-10-18-8-5-4-6-9-18)19-11-12-20-21(16-19)29-15-14-28-20/h4-12,16H,3,13-15H2,1-2H3/b10-7+. The van der Waals surface area contributed by atoms with Gasteiger partial charge in [0.1, 0.15) is 18.1 Å². The molecule has 4 rings (SSSR count). The van der Waals surface area contributed by atoms with E-state index in [1.165, 1.54) is 11.3 Å². The minimum Gasteiger partial charge on any atom is -0.486 e. The minimum atomic E-state index is -0.0564. The van der Waals surface area contributed by atoms with E-state index in [0.717, 1.165) is 28.4 Å². The van der Waals surface area contributed by atoms with Crippen molar-refractivity contribution in [2.24, 2.45) is 0 Å². The first-order valence-corrected chi connectivity index (χ1v) is 10.9. The van der Waals surface area contributed by atoms with Crippen LogP contribution in [-0.2, 0) is 6.42 Å². The molecule has 0 saturated heterocycles. The maximum atomic E-state index is 13.5. The zero-order valence-corrected chi connectivity index (χ0v) is 17.9. The molecule has 1 amide bonds. The van der Waals surface area contributed by atoms with E-state index in [2.05, 4.69) is 4.98 Å². The maximum Gasteiger partial charge on any atom is 0.270 e. The van der Waals surface area contributed by atoms with Gasteiger partial charge in [-0.05, 0) is 31.0 Å². The Morgan fingerprint density at radius 3 is 2.63 bits per heavy atom. The molecule has 30 heavy (non-hydrogen) atoms. The molecule has 0 N–H and O–H groups in total. The fourth-order valence-corrected chi connectivity index (χ4v) is 4.24. The van der Waals surface area contributed by atoms with Crippen LogP contribution in [0.4, 0.5) is 5.69 Å². The number of carbonyl (C=O) groups is 1. The van der Waals surface area contributed by atoms with Gasteiger partial charge in [0.05, 0.1) is 10.7 Å². The molecular weight excluding hydrogens is 396 g/mol. The molecule has 0 fully saturated rings. The average molecular weight is 421 g/mol. The van der Waals surface area contributed by atoms with E-state index in [9.17, 15) is 4.79 Å². The van der Waals surface area contributed by atoms with Gasteiger partial charge in [0, 0.05) is 18.3 Å². The number of hydrogen-bond donors (Lipinski definition) is 0. The summed E-state index contributed by atoms with van der Waals surface area (Å²) < 4.78 is 11.4. The normalized spacial score (nSPS) is 12.9. The fourth-order valence-electron chi connectivity index (χ4n) is 3.29. The first kappa shape index (κ1) is 20.2. The molecule has 1 aromatic heterocycles. The topological polar surface area (TPSA) is 51.7 Å². The van der Waals surface area contributed by atoms with Gasteiger partial charge in [-0.25, -0.2) is 4.98 Å². The van der Waals surface area contributed by atoms with Gasteiger partial charge in [0.15, 0.2) is 11.5 Å². The first-order valence-electron chi connectivity index (χ1n) is 10.0. The second-order valence-corrected chi connectivity index (χ2v) is 8.02. The molecule has 6 heteroatoms. The van der Waals surface area contributed by atoms with E-state index < -0.39 is 0 Å². The number of ether oxygens (including phenoxy) is 2. The fraction of sp³-hybridized carbons (Fsp3) is 0.250. The van der Waals surface area contributed by atoms with Crippen LogP contribution in [0.15, 0.2) is 54.6 Å². The van der Waals surface area contributed by atoms with Gasteiger partial charge in [-0.1, -0.05) is 49.4 Å². The largest absolute Gasteiger partial charge is 0.486 e. The van der Waals surface area contributed by atoms with Crippen molar-refractivity contribution in [3.8, 4) is 11.5 Å². The Kier molecular flexibility index (Phi) is 6.14. The summed E-state index contributed by atoms with van der Waals surface area (Å²) >= 11 is 1.47.